The lowest BCUT2D eigenvalue weighted by Crippen LogP contribution is -2.43. The lowest BCUT2D eigenvalue weighted by molar-refractivity contribution is 0.0106. The number of aliphatic hydroxyl groups excluding tert-OH is 1. The molecule has 3 aromatic rings. The first-order valence-electron chi connectivity index (χ1n) is 8.74. The Kier molecular flexibility index (Phi) is 5.12. The maximum atomic E-state index is 12.8. The third-order valence-electron chi connectivity index (χ3n) is 4.58. The van der Waals surface area contributed by atoms with Crippen molar-refractivity contribution >= 4 is 22.1 Å². The molecule has 0 spiro atoms. The molecule has 6 nitrogen and oxygen atoms in total. The highest BCUT2D eigenvalue weighted by molar-refractivity contribution is 7.13. The molecule has 0 unspecified atom stereocenters. The number of aromatic nitrogens is 2. The van der Waals surface area contributed by atoms with E-state index in [0.29, 0.717) is 25.1 Å². The van der Waals surface area contributed by atoms with Crippen LogP contribution in [0.4, 0.5) is 0 Å². The Morgan fingerprint density at radius 3 is 2.62 bits per heavy atom. The van der Waals surface area contributed by atoms with Crippen LogP contribution >= 0.6 is 11.3 Å². The molecule has 136 valence electrons. The first-order chi connectivity index (χ1) is 12.7. The molecule has 7 heteroatoms. The molecular weight excluding hydrogens is 350 g/mol. The van der Waals surface area contributed by atoms with Crippen molar-refractivity contribution in [2.24, 2.45) is 0 Å². The molecule has 1 aliphatic rings. The average molecular weight is 371 g/mol. The van der Waals surface area contributed by atoms with Gasteiger partial charge in [-0.25, -0.2) is 4.68 Å². The summed E-state index contributed by atoms with van der Waals surface area (Å²) in [6, 6.07) is 11.5. The zero-order valence-electron chi connectivity index (χ0n) is 14.4. The van der Waals surface area contributed by atoms with E-state index in [1.807, 2.05) is 41.8 Å². The molecule has 0 bridgehead atoms. The lowest BCUT2D eigenvalue weighted by atomic mass is 10.1. The number of hydrogen-bond acceptors (Lipinski definition) is 6. The molecule has 1 fully saturated rings. The molecule has 1 aliphatic heterocycles. The van der Waals surface area contributed by atoms with Gasteiger partial charge in [0.1, 0.15) is 5.69 Å². The van der Waals surface area contributed by atoms with Gasteiger partial charge >= 0.3 is 0 Å². The molecule has 2 aromatic heterocycles. The van der Waals surface area contributed by atoms with Gasteiger partial charge in [0.05, 0.1) is 36.1 Å². The highest BCUT2D eigenvalue weighted by Gasteiger charge is 2.18. The number of hydrogen-bond donors (Lipinski definition) is 1. The Labute approximate surface area is 155 Å². The van der Waals surface area contributed by atoms with Crippen molar-refractivity contribution in [1.82, 2.24) is 14.7 Å². The highest BCUT2D eigenvalue weighted by atomic mass is 32.1. The molecular formula is C19H21N3O3S. The second-order valence-electron chi connectivity index (χ2n) is 6.43. The molecule has 1 saturated heterocycles. The summed E-state index contributed by atoms with van der Waals surface area (Å²) in [5.41, 5.74) is 0.621. The van der Waals surface area contributed by atoms with E-state index in [2.05, 4.69) is 10.00 Å². The fourth-order valence-electron chi connectivity index (χ4n) is 3.29. The second kappa shape index (κ2) is 7.67. The predicted molar refractivity (Wildman–Crippen MR) is 103 cm³/mol. The summed E-state index contributed by atoms with van der Waals surface area (Å²) in [7, 11) is 0. The number of aliphatic hydroxyl groups is 1. The third-order valence-corrected chi connectivity index (χ3v) is 5.46. The fourth-order valence-corrected chi connectivity index (χ4v) is 4.02. The molecule has 0 amide bonds. The van der Waals surface area contributed by atoms with Crippen LogP contribution < -0.4 is 5.56 Å². The van der Waals surface area contributed by atoms with Gasteiger partial charge in [-0.3, -0.25) is 9.69 Å². The van der Waals surface area contributed by atoms with Crippen LogP contribution in [0.5, 0.6) is 0 Å². The molecule has 26 heavy (non-hydrogen) atoms. The van der Waals surface area contributed by atoms with Crippen LogP contribution in [0, 0.1) is 0 Å². The molecule has 1 aromatic carbocycles. The minimum absolute atomic E-state index is 0.165. The molecule has 4 rings (SSSR count). The Morgan fingerprint density at radius 1 is 1.12 bits per heavy atom. The molecule has 0 radical (unpaired) electrons. The van der Waals surface area contributed by atoms with Crippen LogP contribution in [0.1, 0.15) is 0 Å². The highest BCUT2D eigenvalue weighted by Crippen LogP contribution is 2.28. The van der Waals surface area contributed by atoms with E-state index in [1.165, 1.54) is 4.68 Å². The average Bonchev–Trinajstić information content (AvgIpc) is 3.19. The van der Waals surface area contributed by atoms with Crippen molar-refractivity contribution in [3.63, 3.8) is 0 Å². The quantitative estimate of drug-likeness (QED) is 0.741. The van der Waals surface area contributed by atoms with Gasteiger partial charge in [0.2, 0.25) is 0 Å². The summed E-state index contributed by atoms with van der Waals surface area (Å²) < 4.78 is 6.74. The normalized spacial score (nSPS) is 16.8. The zero-order chi connectivity index (χ0) is 17.9. The standard InChI is InChI=1S/C19H21N3O3S/c23-14(12-21-7-9-25-10-8-21)13-22-19(24)16-5-2-1-4-15(16)18(20-22)17-6-3-11-26-17/h1-6,11,14,23H,7-10,12-13H2/t14-/m1/s1. The van der Waals surface area contributed by atoms with Crippen LogP contribution in [-0.2, 0) is 11.3 Å². The lowest BCUT2D eigenvalue weighted by Gasteiger charge is -2.28. The topological polar surface area (TPSA) is 67.6 Å². The smallest absolute Gasteiger partial charge is 0.274 e. The third kappa shape index (κ3) is 3.57. The van der Waals surface area contributed by atoms with Crippen LogP contribution in [0.3, 0.4) is 0 Å². The number of nitrogens with zero attached hydrogens (tertiary/aromatic N) is 3. The van der Waals surface area contributed by atoms with Crippen LogP contribution in [0.15, 0.2) is 46.6 Å². The van der Waals surface area contributed by atoms with Gasteiger partial charge < -0.3 is 9.84 Å². The van der Waals surface area contributed by atoms with E-state index in [-0.39, 0.29) is 12.1 Å². The van der Waals surface area contributed by atoms with Gasteiger partial charge in [0.15, 0.2) is 0 Å². The summed E-state index contributed by atoms with van der Waals surface area (Å²) in [5, 5.41) is 18.6. The number of β-amino-alcohol motifs (C(OH)–C–C–N with tert-alkyl or cyclic N) is 1. The van der Waals surface area contributed by atoms with Gasteiger partial charge in [-0.05, 0) is 17.5 Å². The van der Waals surface area contributed by atoms with Crippen molar-refractivity contribution in [1.29, 1.82) is 0 Å². The van der Waals surface area contributed by atoms with Crippen molar-refractivity contribution in [3.05, 3.63) is 52.1 Å². The van der Waals surface area contributed by atoms with Crippen LogP contribution in [0.2, 0.25) is 0 Å². The number of morpholine rings is 1. The second-order valence-corrected chi connectivity index (χ2v) is 7.37. The number of rotatable bonds is 5. The van der Waals surface area contributed by atoms with E-state index in [4.69, 9.17) is 4.74 Å². The van der Waals surface area contributed by atoms with Gasteiger partial charge in [0.25, 0.3) is 5.56 Å². The van der Waals surface area contributed by atoms with E-state index in [9.17, 15) is 9.90 Å². The van der Waals surface area contributed by atoms with Gasteiger partial charge in [-0.15, -0.1) is 11.3 Å². The van der Waals surface area contributed by atoms with Crippen LogP contribution in [0.25, 0.3) is 21.3 Å². The van der Waals surface area contributed by atoms with Crippen molar-refractivity contribution in [2.45, 2.75) is 12.6 Å². The maximum absolute atomic E-state index is 12.8. The molecule has 1 atom stereocenters. The summed E-state index contributed by atoms with van der Waals surface area (Å²) in [5.74, 6) is 0. The van der Waals surface area contributed by atoms with Crippen molar-refractivity contribution in [3.8, 4) is 10.6 Å². The maximum Gasteiger partial charge on any atom is 0.274 e. The summed E-state index contributed by atoms with van der Waals surface area (Å²) in [6.45, 7) is 3.67. The molecule has 0 aliphatic carbocycles. The van der Waals surface area contributed by atoms with E-state index < -0.39 is 6.10 Å². The summed E-state index contributed by atoms with van der Waals surface area (Å²) >= 11 is 1.59. The minimum Gasteiger partial charge on any atom is -0.390 e. The summed E-state index contributed by atoms with van der Waals surface area (Å²) in [6.07, 6.45) is -0.657. The van der Waals surface area contributed by atoms with Gasteiger partial charge in [-0.1, -0.05) is 24.3 Å². The predicted octanol–water partition coefficient (Wildman–Crippen LogP) is 1.82. The molecule has 0 saturated carbocycles. The Bertz CT molecular complexity index is 933. The van der Waals surface area contributed by atoms with Crippen molar-refractivity contribution < 1.29 is 9.84 Å². The number of fused-ring (bicyclic) bond motifs is 1. The number of ether oxygens (including phenoxy) is 1. The minimum atomic E-state index is -0.657. The molecule has 3 heterocycles. The first-order valence-corrected chi connectivity index (χ1v) is 9.62. The largest absolute Gasteiger partial charge is 0.390 e. The SMILES string of the molecule is O=c1c2ccccc2c(-c2cccs2)nn1C[C@H](O)CN1CCOCC1. The van der Waals surface area contributed by atoms with Crippen molar-refractivity contribution in [2.75, 3.05) is 32.8 Å². The van der Waals surface area contributed by atoms with E-state index in [1.54, 1.807) is 11.3 Å². The van der Waals surface area contributed by atoms with Gasteiger partial charge in [0, 0.05) is 25.0 Å². The first kappa shape index (κ1) is 17.4. The Balaban J connectivity index is 1.66. The fraction of sp³-hybridized carbons (Fsp3) is 0.368. The Morgan fingerprint density at radius 2 is 1.88 bits per heavy atom. The number of benzene rings is 1. The van der Waals surface area contributed by atoms with Crippen LogP contribution in [-0.4, -0.2) is 58.7 Å². The van der Waals surface area contributed by atoms with E-state index >= 15 is 0 Å². The van der Waals surface area contributed by atoms with E-state index in [0.717, 1.165) is 29.0 Å². The number of thiophene rings is 1. The zero-order valence-corrected chi connectivity index (χ0v) is 15.2. The van der Waals surface area contributed by atoms with Gasteiger partial charge in [-0.2, -0.15) is 5.10 Å². The monoisotopic (exact) mass is 371 g/mol. The summed E-state index contributed by atoms with van der Waals surface area (Å²) in [4.78, 5) is 16.0. The Hall–Kier alpha value is -2.06. The molecule has 1 N–H and O–H groups in total.